The Bertz CT molecular complexity index is 596. The second-order valence-corrected chi connectivity index (χ2v) is 5.33. The number of aromatic nitrogens is 2. The summed E-state index contributed by atoms with van der Waals surface area (Å²) in [7, 11) is -3.44. The Morgan fingerprint density at radius 2 is 2.33 bits per heavy atom. The largest absolute Gasteiger partial charge is 0.391 e. The number of nitrogens with zero attached hydrogens (tertiary/aromatic N) is 2. The summed E-state index contributed by atoms with van der Waals surface area (Å²) in [6, 6.07) is 1.28. The van der Waals surface area contributed by atoms with E-state index >= 15 is 0 Å². The van der Waals surface area contributed by atoms with E-state index in [1.165, 1.54) is 19.2 Å². The van der Waals surface area contributed by atoms with E-state index < -0.39 is 44.7 Å². The van der Waals surface area contributed by atoms with E-state index in [9.17, 15) is 18.9 Å². The molecule has 1 fully saturated rings. The molecule has 1 aromatic heterocycles. The molecule has 0 bridgehead atoms. The minimum absolute atomic E-state index is 0.0371. The summed E-state index contributed by atoms with van der Waals surface area (Å²) in [4.78, 5) is 23.9. The van der Waals surface area contributed by atoms with Gasteiger partial charge in [0.1, 0.15) is 18.0 Å². The Morgan fingerprint density at radius 3 is 2.86 bits per heavy atom. The number of rotatable bonds is 4. The molecule has 1 aromatic rings. The topological polar surface area (TPSA) is 137 Å². The summed E-state index contributed by atoms with van der Waals surface area (Å²) in [5.41, 5.74) is 4.49. The summed E-state index contributed by atoms with van der Waals surface area (Å²) in [5.74, 6) is -0.0371. The number of ether oxygens (including phenoxy) is 1. The molecule has 1 saturated heterocycles. The highest BCUT2D eigenvalue weighted by atomic mass is 31.1. The van der Waals surface area contributed by atoms with E-state index in [4.69, 9.17) is 15.4 Å². The maximum Gasteiger partial charge on any atom is 0.351 e. The zero-order valence-electron chi connectivity index (χ0n) is 10.9. The fraction of sp³-hybridized carbons (Fsp3) is 0.600. The molecule has 1 aliphatic rings. The van der Waals surface area contributed by atoms with Crippen LogP contribution in [0.1, 0.15) is 13.2 Å². The normalized spacial score (nSPS) is 32.0. The molecule has 11 heteroatoms. The molecule has 0 radical (unpaired) electrons. The van der Waals surface area contributed by atoms with Crippen LogP contribution in [0.15, 0.2) is 17.1 Å². The van der Waals surface area contributed by atoms with E-state index in [0.717, 1.165) is 4.57 Å². The first kappa shape index (κ1) is 16.1. The monoisotopic (exact) mass is 323 g/mol. The average Bonchev–Trinajstić information content (AvgIpc) is 2.67. The highest BCUT2D eigenvalue weighted by Gasteiger charge is 2.49. The van der Waals surface area contributed by atoms with Crippen LogP contribution in [0.4, 0.5) is 10.2 Å². The van der Waals surface area contributed by atoms with Crippen LogP contribution in [0, 0.1) is 0 Å². The van der Waals surface area contributed by atoms with Crippen LogP contribution < -0.4 is 11.4 Å². The van der Waals surface area contributed by atoms with Gasteiger partial charge < -0.3 is 25.0 Å². The van der Waals surface area contributed by atoms with Crippen LogP contribution in [-0.4, -0.2) is 44.0 Å². The Morgan fingerprint density at radius 1 is 1.67 bits per heavy atom. The second kappa shape index (κ2) is 6.20. The minimum Gasteiger partial charge on any atom is -0.391 e. The first-order valence-corrected chi connectivity index (χ1v) is 7.29. The smallest absolute Gasteiger partial charge is 0.351 e. The fourth-order valence-corrected chi connectivity index (χ4v) is 2.63. The molecular weight excluding hydrogens is 308 g/mol. The predicted octanol–water partition coefficient (Wildman–Crippen LogP) is -0.791. The Hall–Kier alpha value is -1.32. The summed E-state index contributed by atoms with van der Waals surface area (Å²) in [5, 5.41) is 9.56. The van der Waals surface area contributed by atoms with Gasteiger partial charge in [-0.2, -0.15) is 4.98 Å². The van der Waals surface area contributed by atoms with E-state index in [2.05, 4.69) is 9.51 Å². The molecule has 1 aliphatic heterocycles. The van der Waals surface area contributed by atoms with Crippen molar-refractivity contribution in [2.75, 3.05) is 5.73 Å². The van der Waals surface area contributed by atoms with Gasteiger partial charge >= 0.3 is 13.9 Å². The van der Waals surface area contributed by atoms with Crippen LogP contribution in [-0.2, 0) is 13.8 Å². The predicted molar refractivity (Wildman–Crippen MR) is 69.5 cm³/mol. The van der Waals surface area contributed by atoms with Crippen molar-refractivity contribution in [1.29, 1.82) is 0 Å². The first-order chi connectivity index (χ1) is 9.81. The third-order valence-electron chi connectivity index (χ3n) is 3.04. The fourth-order valence-electron chi connectivity index (χ4n) is 2.13. The molecule has 2 rings (SSSR count). The molecule has 9 nitrogen and oxygen atoms in total. The number of hydrogen-bond donors (Lipinski definition) is 3. The number of alkyl halides is 1. The van der Waals surface area contributed by atoms with Crippen molar-refractivity contribution in [3.05, 3.63) is 22.7 Å². The quantitative estimate of drug-likeness (QED) is 0.613. The van der Waals surface area contributed by atoms with Gasteiger partial charge in [0.15, 0.2) is 12.4 Å². The molecule has 118 valence electrons. The lowest BCUT2D eigenvalue weighted by atomic mass is 10.1. The van der Waals surface area contributed by atoms with Gasteiger partial charge in [-0.3, -0.25) is 9.13 Å². The highest BCUT2D eigenvalue weighted by molar-refractivity contribution is 7.32. The summed E-state index contributed by atoms with van der Waals surface area (Å²) in [6.45, 7) is 1.31. The number of nitrogen functional groups attached to an aromatic ring is 1. The van der Waals surface area contributed by atoms with E-state index in [1.54, 1.807) is 0 Å². The number of aliphatic hydroxyl groups excluding tert-OH is 1. The van der Waals surface area contributed by atoms with Crippen LogP contribution in [0.5, 0.6) is 0 Å². The molecule has 0 spiro atoms. The lowest BCUT2D eigenvalue weighted by molar-refractivity contribution is -0.0756. The number of aliphatic hydroxyl groups is 1. The van der Waals surface area contributed by atoms with Crippen molar-refractivity contribution >= 4 is 14.1 Å². The summed E-state index contributed by atoms with van der Waals surface area (Å²) >= 11 is 0. The van der Waals surface area contributed by atoms with E-state index in [1.807, 2.05) is 0 Å². The molecule has 0 amide bonds. The SMILES string of the molecule is C[C@@H](O)[C@H]1O[C@@H](n2ccc(N)nc2=O)[C@@H](F)C1O[PH](=O)O. The average molecular weight is 323 g/mol. The third-order valence-corrected chi connectivity index (χ3v) is 3.52. The molecule has 2 heterocycles. The molecule has 0 aromatic carbocycles. The lowest BCUT2D eigenvalue weighted by Crippen LogP contribution is -2.37. The van der Waals surface area contributed by atoms with Crippen LogP contribution in [0.3, 0.4) is 0 Å². The van der Waals surface area contributed by atoms with Crippen LogP contribution in [0.2, 0.25) is 0 Å². The molecular formula is C10H15FN3O6P. The van der Waals surface area contributed by atoms with Gasteiger partial charge in [-0.15, -0.1) is 0 Å². The second-order valence-electron chi connectivity index (χ2n) is 4.57. The highest BCUT2D eigenvalue weighted by Crippen LogP contribution is 2.38. The van der Waals surface area contributed by atoms with Gasteiger partial charge in [-0.25, -0.2) is 9.18 Å². The van der Waals surface area contributed by atoms with Gasteiger partial charge in [0, 0.05) is 6.20 Å². The first-order valence-electron chi connectivity index (χ1n) is 6.03. The van der Waals surface area contributed by atoms with Gasteiger partial charge in [-0.05, 0) is 13.0 Å². The van der Waals surface area contributed by atoms with Crippen molar-refractivity contribution in [2.24, 2.45) is 0 Å². The summed E-state index contributed by atoms with van der Waals surface area (Å²) < 4.78 is 35.9. The third kappa shape index (κ3) is 3.30. The van der Waals surface area contributed by atoms with Gasteiger partial charge in [0.25, 0.3) is 0 Å². The van der Waals surface area contributed by atoms with E-state index in [-0.39, 0.29) is 5.82 Å². The number of anilines is 1. The van der Waals surface area contributed by atoms with Gasteiger partial charge in [0.05, 0.1) is 6.10 Å². The Labute approximate surface area is 119 Å². The van der Waals surface area contributed by atoms with Crippen molar-refractivity contribution in [1.82, 2.24) is 9.55 Å². The molecule has 4 N–H and O–H groups in total. The van der Waals surface area contributed by atoms with Crippen molar-refractivity contribution in [2.45, 2.75) is 37.6 Å². The molecule has 21 heavy (non-hydrogen) atoms. The molecule has 2 unspecified atom stereocenters. The summed E-state index contributed by atoms with van der Waals surface area (Å²) in [6.07, 6.45) is -6.03. The van der Waals surface area contributed by atoms with Crippen LogP contribution >= 0.6 is 8.25 Å². The Balaban J connectivity index is 2.33. The van der Waals surface area contributed by atoms with Crippen molar-refractivity contribution < 1.29 is 28.2 Å². The Kier molecular flexibility index (Phi) is 4.74. The molecule has 6 atom stereocenters. The zero-order chi connectivity index (χ0) is 15.7. The van der Waals surface area contributed by atoms with Crippen LogP contribution in [0.25, 0.3) is 0 Å². The lowest BCUT2D eigenvalue weighted by Gasteiger charge is -2.19. The number of hydrogen-bond acceptors (Lipinski definition) is 7. The maximum atomic E-state index is 14.4. The van der Waals surface area contributed by atoms with Gasteiger partial charge in [0.2, 0.25) is 0 Å². The van der Waals surface area contributed by atoms with Gasteiger partial charge in [-0.1, -0.05) is 0 Å². The zero-order valence-corrected chi connectivity index (χ0v) is 11.9. The molecule has 0 aliphatic carbocycles. The van der Waals surface area contributed by atoms with Crippen molar-refractivity contribution in [3.63, 3.8) is 0 Å². The number of nitrogens with two attached hydrogens (primary N) is 1. The molecule has 0 saturated carbocycles. The minimum atomic E-state index is -3.44. The van der Waals surface area contributed by atoms with E-state index in [0.29, 0.717) is 0 Å². The number of halogens is 1. The maximum absolute atomic E-state index is 14.4. The van der Waals surface area contributed by atoms with Crippen molar-refractivity contribution in [3.8, 4) is 0 Å². The standard InChI is InChI=1S/C10H15FN3O6P/c1-4(15)7-8(20-21(17)18)6(11)9(19-7)14-3-2-5(12)13-10(14)16/h2-4,6-9,15,21H,1H3,(H,17,18)(H2,12,13,16)/t4-,6+,7-,8?,9-/m1/s1.